The first kappa shape index (κ1) is 15.4. The zero-order valence-electron chi connectivity index (χ0n) is 13.3. The van der Waals surface area contributed by atoms with Gasteiger partial charge in [0.1, 0.15) is 5.60 Å². The maximum absolute atomic E-state index is 6.06. The molecule has 1 aliphatic rings. The molecular weight excluding hydrogens is 250 g/mol. The molecule has 2 heterocycles. The lowest BCUT2D eigenvalue weighted by Gasteiger charge is -2.31. The van der Waals surface area contributed by atoms with Crippen LogP contribution in [-0.2, 0) is 29.7 Å². The molecule has 0 unspecified atom stereocenters. The Morgan fingerprint density at radius 2 is 1.90 bits per heavy atom. The molecule has 112 valence electrons. The molecule has 0 saturated carbocycles. The molecule has 1 aliphatic heterocycles. The number of rotatable bonds is 6. The molecule has 1 aromatic heterocycles. The quantitative estimate of drug-likeness (QED) is 0.868. The number of nitrogens with zero attached hydrogens (tertiary/aromatic N) is 2. The first-order chi connectivity index (χ1) is 9.70. The lowest BCUT2D eigenvalue weighted by atomic mass is 9.94. The second kappa shape index (κ2) is 6.64. The number of ether oxygens (including phenoxy) is 1. The lowest BCUT2D eigenvalue weighted by Crippen LogP contribution is -2.34. The molecular formula is C16H27N3O. The van der Waals surface area contributed by atoms with Crippen molar-refractivity contribution in [3.8, 4) is 0 Å². The minimum absolute atomic E-state index is 0.328. The zero-order chi connectivity index (χ0) is 14.6. The summed E-state index contributed by atoms with van der Waals surface area (Å²) in [7, 11) is 0. The van der Waals surface area contributed by atoms with E-state index >= 15 is 0 Å². The van der Waals surface area contributed by atoms with Gasteiger partial charge in [0.15, 0.2) is 5.82 Å². The predicted molar refractivity (Wildman–Crippen MR) is 80.7 cm³/mol. The number of fused-ring (bicyclic) bond motifs is 1. The third-order valence-corrected chi connectivity index (χ3v) is 4.33. The highest BCUT2D eigenvalue weighted by Crippen LogP contribution is 2.32. The molecule has 0 fully saturated rings. The van der Waals surface area contributed by atoms with E-state index < -0.39 is 0 Å². The van der Waals surface area contributed by atoms with Crippen LogP contribution >= 0.6 is 0 Å². The maximum atomic E-state index is 6.06. The van der Waals surface area contributed by atoms with Gasteiger partial charge in [0.2, 0.25) is 0 Å². The SMILES string of the molecule is CCOC(CC)(CC)c1nc(CC)c2c(n1)CNCC2. The van der Waals surface area contributed by atoms with Crippen LogP contribution in [0.5, 0.6) is 0 Å². The Balaban J connectivity index is 2.50. The first-order valence-corrected chi connectivity index (χ1v) is 7.94. The summed E-state index contributed by atoms with van der Waals surface area (Å²) in [5.74, 6) is 0.878. The average Bonchev–Trinajstić information content (AvgIpc) is 2.51. The normalized spacial score (nSPS) is 15.2. The van der Waals surface area contributed by atoms with Crippen LogP contribution in [0.3, 0.4) is 0 Å². The van der Waals surface area contributed by atoms with Crippen molar-refractivity contribution in [1.82, 2.24) is 15.3 Å². The van der Waals surface area contributed by atoms with Gasteiger partial charge in [-0.3, -0.25) is 0 Å². The molecule has 2 rings (SSSR count). The van der Waals surface area contributed by atoms with Crippen LogP contribution in [-0.4, -0.2) is 23.1 Å². The summed E-state index contributed by atoms with van der Waals surface area (Å²) < 4.78 is 6.06. The molecule has 0 radical (unpaired) electrons. The van der Waals surface area contributed by atoms with Gasteiger partial charge in [-0.05, 0) is 44.7 Å². The molecule has 0 aliphatic carbocycles. The predicted octanol–water partition coefficient (Wildman–Crippen LogP) is 2.74. The second-order valence-electron chi connectivity index (χ2n) is 5.33. The fourth-order valence-electron chi connectivity index (χ4n) is 3.04. The van der Waals surface area contributed by atoms with Crippen molar-refractivity contribution in [1.29, 1.82) is 0 Å². The van der Waals surface area contributed by atoms with E-state index in [9.17, 15) is 0 Å². The molecule has 0 aromatic carbocycles. The molecule has 0 spiro atoms. The molecule has 4 nitrogen and oxygen atoms in total. The Hall–Kier alpha value is -1.00. The Kier molecular flexibility index (Phi) is 5.11. The van der Waals surface area contributed by atoms with E-state index in [1.165, 1.54) is 17.0 Å². The number of aryl methyl sites for hydroxylation is 1. The number of hydrogen-bond acceptors (Lipinski definition) is 4. The van der Waals surface area contributed by atoms with Crippen LogP contribution in [0, 0.1) is 0 Å². The van der Waals surface area contributed by atoms with Crippen molar-refractivity contribution in [2.24, 2.45) is 0 Å². The Morgan fingerprint density at radius 1 is 1.15 bits per heavy atom. The van der Waals surface area contributed by atoms with Crippen LogP contribution in [0.4, 0.5) is 0 Å². The Labute approximate surface area is 122 Å². The van der Waals surface area contributed by atoms with Gasteiger partial charge in [-0.15, -0.1) is 0 Å². The monoisotopic (exact) mass is 277 g/mol. The molecule has 1 N–H and O–H groups in total. The van der Waals surface area contributed by atoms with Gasteiger partial charge in [-0.2, -0.15) is 0 Å². The van der Waals surface area contributed by atoms with Crippen molar-refractivity contribution in [2.75, 3.05) is 13.2 Å². The van der Waals surface area contributed by atoms with Crippen molar-refractivity contribution in [3.63, 3.8) is 0 Å². The largest absolute Gasteiger partial charge is 0.367 e. The van der Waals surface area contributed by atoms with E-state index in [0.29, 0.717) is 6.61 Å². The van der Waals surface area contributed by atoms with Crippen LogP contribution in [0.15, 0.2) is 0 Å². The highest BCUT2D eigenvalue weighted by atomic mass is 16.5. The lowest BCUT2D eigenvalue weighted by molar-refractivity contribution is -0.0575. The van der Waals surface area contributed by atoms with Gasteiger partial charge >= 0.3 is 0 Å². The van der Waals surface area contributed by atoms with Crippen LogP contribution in [0.1, 0.15) is 63.3 Å². The van der Waals surface area contributed by atoms with E-state index in [1.807, 2.05) is 6.92 Å². The van der Waals surface area contributed by atoms with Crippen LogP contribution in [0.2, 0.25) is 0 Å². The first-order valence-electron chi connectivity index (χ1n) is 7.94. The molecule has 4 heteroatoms. The summed E-state index contributed by atoms with van der Waals surface area (Å²) in [5.41, 5.74) is 3.40. The highest BCUT2D eigenvalue weighted by molar-refractivity contribution is 5.29. The van der Waals surface area contributed by atoms with Crippen molar-refractivity contribution in [2.45, 2.75) is 65.5 Å². The van der Waals surface area contributed by atoms with Crippen molar-refractivity contribution >= 4 is 0 Å². The van der Waals surface area contributed by atoms with E-state index in [-0.39, 0.29) is 5.60 Å². The second-order valence-corrected chi connectivity index (χ2v) is 5.33. The van der Waals surface area contributed by atoms with Crippen LogP contribution < -0.4 is 5.32 Å². The minimum atomic E-state index is -0.328. The zero-order valence-corrected chi connectivity index (χ0v) is 13.3. The number of aromatic nitrogens is 2. The summed E-state index contributed by atoms with van der Waals surface area (Å²) in [6, 6.07) is 0. The fourth-order valence-corrected chi connectivity index (χ4v) is 3.04. The summed E-state index contributed by atoms with van der Waals surface area (Å²) in [6.07, 6.45) is 3.82. The van der Waals surface area contributed by atoms with Gasteiger partial charge < -0.3 is 10.1 Å². The van der Waals surface area contributed by atoms with E-state index in [0.717, 1.165) is 44.6 Å². The molecule has 20 heavy (non-hydrogen) atoms. The smallest absolute Gasteiger partial charge is 0.160 e. The van der Waals surface area contributed by atoms with E-state index in [1.54, 1.807) is 0 Å². The van der Waals surface area contributed by atoms with E-state index in [2.05, 4.69) is 26.1 Å². The van der Waals surface area contributed by atoms with Gasteiger partial charge in [0.25, 0.3) is 0 Å². The van der Waals surface area contributed by atoms with Gasteiger partial charge in [-0.1, -0.05) is 20.8 Å². The number of hydrogen-bond donors (Lipinski definition) is 1. The average molecular weight is 277 g/mol. The summed E-state index contributed by atoms with van der Waals surface area (Å²) in [4.78, 5) is 9.73. The summed E-state index contributed by atoms with van der Waals surface area (Å²) in [6.45, 7) is 11.1. The third-order valence-electron chi connectivity index (χ3n) is 4.33. The van der Waals surface area contributed by atoms with Gasteiger partial charge in [0.05, 0.1) is 5.69 Å². The molecule has 0 saturated heterocycles. The fraction of sp³-hybridized carbons (Fsp3) is 0.750. The van der Waals surface area contributed by atoms with Gasteiger partial charge in [0, 0.05) is 18.8 Å². The number of nitrogens with one attached hydrogen (secondary N) is 1. The third kappa shape index (κ3) is 2.72. The highest BCUT2D eigenvalue weighted by Gasteiger charge is 2.33. The molecule has 0 bridgehead atoms. The minimum Gasteiger partial charge on any atom is -0.367 e. The van der Waals surface area contributed by atoms with Crippen molar-refractivity contribution < 1.29 is 4.74 Å². The standard InChI is InChI=1S/C16H27N3O/c1-5-13-12-9-10-17-11-14(12)19-15(18-13)16(6-2,7-3)20-8-4/h17H,5-11H2,1-4H3. The Bertz CT molecular complexity index is 438. The summed E-state index contributed by atoms with van der Waals surface area (Å²) in [5, 5.41) is 3.41. The van der Waals surface area contributed by atoms with Crippen molar-refractivity contribution in [3.05, 3.63) is 22.8 Å². The van der Waals surface area contributed by atoms with E-state index in [4.69, 9.17) is 14.7 Å². The maximum Gasteiger partial charge on any atom is 0.160 e. The molecule has 1 aromatic rings. The van der Waals surface area contributed by atoms with Gasteiger partial charge in [-0.25, -0.2) is 9.97 Å². The summed E-state index contributed by atoms with van der Waals surface area (Å²) >= 11 is 0. The molecule has 0 atom stereocenters. The topological polar surface area (TPSA) is 47.0 Å². The molecule has 0 amide bonds. The van der Waals surface area contributed by atoms with Crippen LogP contribution in [0.25, 0.3) is 0 Å². The Morgan fingerprint density at radius 3 is 2.50 bits per heavy atom.